The average molecular weight is 816 g/mol. The first-order chi connectivity index (χ1) is 26.7. The summed E-state index contributed by atoms with van der Waals surface area (Å²) in [5.74, 6) is 0. The van der Waals surface area contributed by atoms with E-state index in [0.29, 0.717) is 0 Å². The van der Waals surface area contributed by atoms with E-state index in [1.54, 1.807) is 25.3 Å². The number of isothiocyanates is 2. The van der Waals surface area contributed by atoms with Crippen LogP contribution in [-0.4, -0.2) is 74.6 Å². The summed E-state index contributed by atoms with van der Waals surface area (Å²) in [5, 5.41) is 30.9. The number of H-pyrrole nitrogens is 4. The summed E-state index contributed by atoms with van der Waals surface area (Å²) in [6.45, 7) is 0. The molecule has 0 saturated carbocycles. The molecule has 15 heteroatoms. The fraction of sp³-hybridized carbons (Fsp3) is 0.0500. The fourth-order valence-corrected chi connectivity index (χ4v) is 4.13. The number of imidazole rings is 4. The molecule has 0 aliphatic rings. The Hall–Kier alpha value is -6.25. The van der Waals surface area contributed by atoms with Crippen molar-refractivity contribution in [3.05, 3.63) is 182 Å². The van der Waals surface area contributed by atoms with Gasteiger partial charge < -0.3 is 41.0 Å². The maximum Gasteiger partial charge on any atom is 2.00 e. The fourth-order valence-electron chi connectivity index (χ4n) is 4.13. The van der Waals surface area contributed by atoms with Crippen LogP contribution in [0.3, 0.4) is 0 Å². The van der Waals surface area contributed by atoms with Crippen LogP contribution in [0.2, 0.25) is 0 Å². The Morgan fingerprint density at radius 3 is 0.691 bits per heavy atom. The number of rotatable bonds is 4. The topological polar surface area (TPSA) is 200 Å². The van der Waals surface area contributed by atoms with E-state index in [0.717, 1.165) is 37.0 Å². The average Bonchev–Trinajstić information content (AvgIpc) is 4.12. The van der Waals surface area contributed by atoms with E-state index >= 15 is 0 Å². The van der Waals surface area contributed by atoms with Gasteiger partial charge in [0.15, 0.2) is 0 Å². The minimum Gasteiger partial charge on any atom is -0.753 e. The Bertz CT molecular complexity index is 1730. The van der Waals surface area contributed by atoms with Gasteiger partial charge in [0.2, 0.25) is 0 Å². The Kier molecular flexibility index (Phi) is 29.8. The third-order valence-corrected chi connectivity index (χ3v) is 6.33. The first-order valence-electron chi connectivity index (χ1n) is 15.8. The van der Waals surface area contributed by atoms with Gasteiger partial charge in [0.25, 0.3) is 0 Å². The van der Waals surface area contributed by atoms with Gasteiger partial charge in [-0.25, -0.2) is 19.9 Å². The van der Waals surface area contributed by atoms with Gasteiger partial charge in [-0.3, -0.25) is 0 Å². The molecule has 6 N–H and O–H groups in total. The molecule has 8 aromatic rings. The number of nitrogens with zero attached hydrogens (tertiary/aromatic N) is 6. The Morgan fingerprint density at radius 2 is 0.564 bits per heavy atom. The standard InChI is InChI=1S/4C9H8N2.2CNS.2CH4O.Co/c4*1-2-4-8(5-3-1)9-6-10-7-11-9;2*2-1-3;2*1-2;/h4*1-7H,(H,10,11);;;2*2H,1H3;/q;;;;2*-1;;;+2. The van der Waals surface area contributed by atoms with E-state index in [2.05, 4.69) is 64.3 Å². The van der Waals surface area contributed by atoms with Crippen molar-refractivity contribution in [1.29, 1.82) is 0 Å². The predicted molar refractivity (Wildman–Crippen MR) is 224 cm³/mol. The number of nitrogens with one attached hydrogen (secondary N) is 4. The summed E-state index contributed by atoms with van der Waals surface area (Å²) in [4.78, 5) is 27.9. The summed E-state index contributed by atoms with van der Waals surface area (Å²) in [6.07, 6.45) is 14.0. The molecule has 0 spiro atoms. The van der Waals surface area contributed by atoms with Crippen LogP contribution in [-0.2, 0) is 16.8 Å². The summed E-state index contributed by atoms with van der Waals surface area (Å²) in [6, 6.07) is 40.5. The second kappa shape index (κ2) is 33.6. The predicted octanol–water partition coefficient (Wildman–Crippen LogP) is 8.84. The molecule has 4 aromatic carbocycles. The van der Waals surface area contributed by atoms with Crippen LogP contribution in [0.1, 0.15) is 0 Å². The van der Waals surface area contributed by atoms with Crippen LogP contribution in [0.5, 0.6) is 0 Å². The van der Waals surface area contributed by atoms with Crippen LogP contribution >= 0.6 is 24.4 Å². The van der Waals surface area contributed by atoms with Gasteiger partial charge in [-0.1, -0.05) is 146 Å². The summed E-state index contributed by atoms with van der Waals surface area (Å²) < 4.78 is 0. The zero-order valence-electron chi connectivity index (χ0n) is 29.9. The minimum atomic E-state index is 0. The Labute approximate surface area is 341 Å². The number of aromatic nitrogens is 8. The number of aromatic amines is 4. The van der Waals surface area contributed by atoms with Gasteiger partial charge >= 0.3 is 16.8 Å². The molecule has 0 saturated heterocycles. The van der Waals surface area contributed by atoms with Crippen molar-refractivity contribution >= 4 is 34.8 Å². The molecule has 0 atom stereocenters. The van der Waals surface area contributed by atoms with Gasteiger partial charge in [-0.2, -0.15) is 10.3 Å². The summed E-state index contributed by atoms with van der Waals surface area (Å²) >= 11 is 7.40. The Balaban J connectivity index is 0.000000651. The molecule has 4 heterocycles. The molecule has 55 heavy (non-hydrogen) atoms. The number of benzene rings is 4. The van der Waals surface area contributed by atoms with Crippen LogP contribution in [0.4, 0.5) is 0 Å². The van der Waals surface area contributed by atoms with Crippen molar-refractivity contribution in [1.82, 2.24) is 39.9 Å². The minimum absolute atomic E-state index is 0. The maximum absolute atomic E-state index is 7.13. The zero-order valence-corrected chi connectivity index (χ0v) is 32.6. The van der Waals surface area contributed by atoms with E-state index < -0.39 is 0 Å². The van der Waals surface area contributed by atoms with Crippen LogP contribution < -0.4 is 0 Å². The number of aliphatic hydroxyl groups excluding tert-OH is 2. The molecule has 1 radical (unpaired) electrons. The number of hydrogen-bond acceptors (Lipinski definition) is 8. The van der Waals surface area contributed by atoms with E-state index in [4.69, 9.17) is 21.0 Å². The number of thiocarbonyl (C=S) groups is 2. The normalized spacial score (nSPS) is 8.36. The van der Waals surface area contributed by atoms with E-state index in [1.165, 1.54) is 32.6 Å². The van der Waals surface area contributed by atoms with Gasteiger partial charge in [0, 0.05) is 14.2 Å². The molecule has 4 aromatic heterocycles. The van der Waals surface area contributed by atoms with Gasteiger partial charge in [-0.05, 0) is 22.3 Å². The molecule has 8 rings (SSSR count). The second-order valence-corrected chi connectivity index (χ2v) is 9.87. The molecule has 283 valence electrons. The molecule has 0 unspecified atom stereocenters. The van der Waals surface area contributed by atoms with Crippen LogP contribution in [0.15, 0.2) is 171 Å². The third-order valence-electron chi connectivity index (χ3n) is 6.33. The zero-order chi connectivity index (χ0) is 39.5. The molecule has 12 nitrogen and oxygen atoms in total. The van der Waals surface area contributed by atoms with E-state index in [-0.39, 0.29) is 16.8 Å². The summed E-state index contributed by atoms with van der Waals surface area (Å²) in [7, 11) is 2.00. The van der Waals surface area contributed by atoms with Crippen LogP contribution in [0, 0.1) is 0 Å². The molecule has 0 bridgehead atoms. The molecule has 0 amide bonds. The maximum atomic E-state index is 7.13. The van der Waals surface area contributed by atoms with Gasteiger partial charge in [-0.15, -0.1) is 0 Å². The Morgan fingerprint density at radius 1 is 0.400 bits per heavy atom. The number of hydrogen-bond donors (Lipinski definition) is 6. The molecular weight excluding hydrogens is 776 g/mol. The molecular formula is C40H40CoN10O2S2. The molecule has 0 fully saturated rings. The summed E-state index contributed by atoms with van der Waals surface area (Å²) in [5.41, 5.74) is 8.93. The molecule has 0 aliphatic carbocycles. The SMILES string of the molecule is CO.CO.[Co+2].[N-]=C=S.[N-]=C=S.c1ccc(-c2cnc[nH]2)cc1.c1ccc(-c2cnc[nH]2)cc1.c1ccc(-c2cnc[nH]2)cc1.c1ccc(-c2cnc[nH]2)cc1. The van der Waals surface area contributed by atoms with Gasteiger partial charge in [0.1, 0.15) is 0 Å². The second-order valence-electron chi connectivity index (χ2n) is 9.51. The first kappa shape index (κ1) is 48.7. The van der Waals surface area contributed by atoms with Crippen molar-refractivity contribution in [3.8, 4) is 45.0 Å². The third kappa shape index (κ3) is 20.5. The first-order valence-corrected chi connectivity index (χ1v) is 16.6. The quantitative estimate of drug-likeness (QED) is 0.0747. The largest absolute Gasteiger partial charge is 2.00 e. The molecule has 0 aliphatic heterocycles. The van der Waals surface area contributed by atoms with E-state index in [1.807, 2.05) is 146 Å². The van der Waals surface area contributed by atoms with Crippen molar-refractivity contribution in [2.75, 3.05) is 14.2 Å². The van der Waals surface area contributed by atoms with Crippen molar-refractivity contribution in [3.63, 3.8) is 0 Å². The van der Waals surface area contributed by atoms with Crippen LogP contribution in [0.25, 0.3) is 55.8 Å². The van der Waals surface area contributed by atoms with E-state index in [9.17, 15) is 0 Å². The number of aliphatic hydroxyl groups is 2. The smallest absolute Gasteiger partial charge is 0.753 e. The van der Waals surface area contributed by atoms with Crippen molar-refractivity contribution < 1.29 is 27.0 Å². The van der Waals surface area contributed by atoms with Gasteiger partial charge in [0.05, 0.1) is 72.9 Å². The van der Waals surface area contributed by atoms with Crippen molar-refractivity contribution in [2.24, 2.45) is 0 Å². The monoisotopic (exact) mass is 815 g/mol. The van der Waals surface area contributed by atoms with Crippen molar-refractivity contribution in [2.45, 2.75) is 0 Å².